The van der Waals surface area contributed by atoms with Gasteiger partial charge in [-0.05, 0) is 51.4 Å². The number of carbonyl (C=O) groups excluding carboxylic acids is 1. The summed E-state index contributed by atoms with van der Waals surface area (Å²) >= 11 is 0. The molecule has 1 aliphatic rings. The summed E-state index contributed by atoms with van der Waals surface area (Å²) in [5.74, 6) is -0.742. The number of benzene rings is 1. The third kappa shape index (κ3) is 3.97. The molecule has 0 saturated carbocycles. The van der Waals surface area contributed by atoms with Gasteiger partial charge in [0.05, 0.1) is 11.2 Å². The quantitative estimate of drug-likeness (QED) is 0.830. The number of hydrogen-bond donors (Lipinski definition) is 2. The van der Waals surface area contributed by atoms with Crippen LogP contribution in [-0.2, 0) is 14.1 Å². The number of rotatable bonds is 4. The first-order valence-electron chi connectivity index (χ1n) is 7.81. The summed E-state index contributed by atoms with van der Waals surface area (Å²) in [6, 6.07) is 3.77. The zero-order valence-electron chi connectivity index (χ0n) is 14.6. The van der Waals surface area contributed by atoms with E-state index in [1.807, 2.05) is 27.7 Å². The van der Waals surface area contributed by atoms with Crippen LogP contribution in [0.5, 0.6) is 5.75 Å². The number of halogens is 1. The summed E-state index contributed by atoms with van der Waals surface area (Å²) in [5.41, 5.74) is -0.340. The van der Waals surface area contributed by atoms with Crippen LogP contribution >= 0.6 is 0 Å². The Bertz CT molecular complexity index is 657. The Hall–Kier alpha value is -1.86. The van der Waals surface area contributed by atoms with Crippen LogP contribution in [0.1, 0.15) is 40.2 Å². The van der Waals surface area contributed by atoms with Gasteiger partial charge in [-0.1, -0.05) is 6.08 Å². The molecule has 1 aromatic rings. The van der Waals surface area contributed by atoms with Crippen LogP contribution in [0.25, 0.3) is 6.08 Å². The van der Waals surface area contributed by atoms with E-state index in [4.69, 9.17) is 9.31 Å². The second kappa shape index (κ2) is 6.57. The van der Waals surface area contributed by atoms with Crippen LogP contribution in [0.15, 0.2) is 23.7 Å². The van der Waals surface area contributed by atoms with E-state index in [1.165, 1.54) is 31.2 Å². The summed E-state index contributed by atoms with van der Waals surface area (Å²) in [6.07, 6.45) is 1.53. The third-order valence-corrected chi connectivity index (χ3v) is 4.42. The van der Waals surface area contributed by atoms with Crippen molar-refractivity contribution in [1.29, 1.82) is 0 Å². The lowest BCUT2D eigenvalue weighted by molar-refractivity contribution is -0.118. The second-order valence-corrected chi connectivity index (χ2v) is 6.92. The Labute approximate surface area is 142 Å². The molecule has 5 nitrogen and oxygen atoms in total. The van der Waals surface area contributed by atoms with Gasteiger partial charge in [0.2, 0.25) is 5.91 Å². The van der Waals surface area contributed by atoms with Crippen LogP contribution in [0.2, 0.25) is 0 Å². The first kappa shape index (κ1) is 18.5. The number of amides is 1. The van der Waals surface area contributed by atoms with Crippen LogP contribution in [0, 0.1) is 5.82 Å². The fraction of sp³-hybridized carbons (Fsp3) is 0.471. The van der Waals surface area contributed by atoms with Crippen molar-refractivity contribution in [2.24, 2.45) is 0 Å². The Morgan fingerprint density at radius 3 is 2.42 bits per heavy atom. The Morgan fingerprint density at radius 2 is 1.88 bits per heavy atom. The van der Waals surface area contributed by atoms with Crippen LogP contribution in [0.3, 0.4) is 0 Å². The highest BCUT2D eigenvalue weighted by Crippen LogP contribution is 2.38. The van der Waals surface area contributed by atoms with Gasteiger partial charge in [0.1, 0.15) is 11.6 Å². The minimum Gasteiger partial charge on any atom is -0.508 e. The van der Waals surface area contributed by atoms with Crippen molar-refractivity contribution in [3.05, 3.63) is 35.1 Å². The number of nitrogens with one attached hydrogen (secondary N) is 1. The summed E-state index contributed by atoms with van der Waals surface area (Å²) in [6.45, 7) is 9.21. The molecule has 1 amide bonds. The van der Waals surface area contributed by atoms with E-state index < -0.39 is 24.1 Å². The summed E-state index contributed by atoms with van der Waals surface area (Å²) in [7, 11) is -0.719. The molecule has 2 N–H and O–H groups in total. The summed E-state index contributed by atoms with van der Waals surface area (Å²) in [4.78, 5) is 11.3. The molecule has 1 saturated heterocycles. The van der Waals surface area contributed by atoms with Gasteiger partial charge in [-0.15, -0.1) is 0 Å². The van der Waals surface area contributed by atoms with E-state index in [9.17, 15) is 14.3 Å². The van der Waals surface area contributed by atoms with Crippen molar-refractivity contribution in [1.82, 2.24) is 5.32 Å². The molecule has 1 aliphatic heterocycles. The molecule has 0 radical (unpaired) electrons. The molecule has 0 atom stereocenters. The molecule has 1 fully saturated rings. The molecule has 0 aromatic heterocycles. The maximum atomic E-state index is 14.0. The van der Waals surface area contributed by atoms with Gasteiger partial charge in [0.15, 0.2) is 0 Å². The zero-order chi connectivity index (χ0) is 18.1. The van der Waals surface area contributed by atoms with Crippen molar-refractivity contribution < 1.29 is 23.6 Å². The molecule has 7 heteroatoms. The lowest BCUT2D eigenvalue weighted by Gasteiger charge is -2.32. The molecule has 0 bridgehead atoms. The van der Waals surface area contributed by atoms with Gasteiger partial charge in [-0.25, -0.2) is 4.39 Å². The number of phenolic OH excluding ortho intramolecular Hbond substituents is 1. The minimum atomic E-state index is -0.719. The molecule has 130 valence electrons. The highest BCUT2D eigenvalue weighted by Gasteiger charge is 2.52. The molecule has 24 heavy (non-hydrogen) atoms. The average Bonchev–Trinajstić information content (AvgIpc) is 2.66. The molecular weight excluding hydrogens is 312 g/mol. The fourth-order valence-electron chi connectivity index (χ4n) is 2.26. The van der Waals surface area contributed by atoms with Crippen molar-refractivity contribution in [3.63, 3.8) is 0 Å². The monoisotopic (exact) mass is 335 g/mol. The highest BCUT2D eigenvalue weighted by atomic mass is 19.1. The van der Waals surface area contributed by atoms with Crippen LogP contribution < -0.4 is 5.32 Å². The molecule has 1 heterocycles. The predicted molar refractivity (Wildman–Crippen MR) is 90.8 cm³/mol. The predicted octanol–water partition coefficient (Wildman–Crippen LogP) is 2.68. The zero-order valence-corrected chi connectivity index (χ0v) is 14.6. The summed E-state index contributed by atoms with van der Waals surface area (Å²) in [5, 5.41) is 12.3. The SMILES string of the molecule is CC(=O)NCC(=Cc1cc(O)ccc1F)B1OC(C)(C)C(C)(C)O1. The molecular formula is C17H23BFNO4. The highest BCUT2D eigenvalue weighted by molar-refractivity contribution is 6.56. The van der Waals surface area contributed by atoms with Crippen LogP contribution in [-0.4, -0.2) is 35.9 Å². The first-order valence-corrected chi connectivity index (χ1v) is 7.81. The van der Waals surface area contributed by atoms with E-state index in [0.717, 1.165) is 0 Å². The van der Waals surface area contributed by atoms with E-state index in [2.05, 4.69) is 5.32 Å². The van der Waals surface area contributed by atoms with Gasteiger partial charge in [0, 0.05) is 19.0 Å². The lowest BCUT2D eigenvalue weighted by Crippen LogP contribution is -2.41. The molecule has 2 rings (SSSR count). The Balaban J connectivity index is 2.37. The maximum absolute atomic E-state index is 14.0. The van der Waals surface area contributed by atoms with E-state index in [0.29, 0.717) is 5.47 Å². The lowest BCUT2D eigenvalue weighted by atomic mass is 9.77. The summed E-state index contributed by atoms with van der Waals surface area (Å²) < 4.78 is 25.9. The van der Waals surface area contributed by atoms with Crippen molar-refractivity contribution >= 4 is 19.1 Å². The maximum Gasteiger partial charge on any atom is 0.492 e. The normalized spacial score (nSPS) is 19.4. The molecule has 0 aliphatic carbocycles. The topological polar surface area (TPSA) is 67.8 Å². The van der Waals surface area contributed by atoms with Crippen LogP contribution in [0.4, 0.5) is 4.39 Å². The Kier molecular flexibility index (Phi) is 5.06. The van der Waals surface area contributed by atoms with E-state index in [-0.39, 0.29) is 23.8 Å². The minimum absolute atomic E-state index is 0.0459. The molecule has 0 unspecified atom stereocenters. The number of carbonyl (C=O) groups is 1. The average molecular weight is 335 g/mol. The second-order valence-electron chi connectivity index (χ2n) is 6.92. The third-order valence-electron chi connectivity index (χ3n) is 4.42. The van der Waals surface area contributed by atoms with E-state index in [1.54, 1.807) is 0 Å². The fourth-order valence-corrected chi connectivity index (χ4v) is 2.26. The van der Waals surface area contributed by atoms with Crippen molar-refractivity contribution in [3.8, 4) is 5.75 Å². The van der Waals surface area contributed by atoms with Gasteiger partial charge in [0.25, 0.3) is 0 Å². The number of aromatic hydroxyl groups is 1. The van der Waals surface area contributed by atoms with E-state index >= 15 is 0 Å². The van der Waals surface area contributed by atoms with Gasteiger partial charge < -0.3 is 19.7 Å². The first-order chi connectivity index (χ1) is 11.0. The number of hydrogen-bond acceptors (Lipinski definition) is 4. The van der Waals surface area contributed by atoms with Gasteiger partial charge in [-0.3, -0.25) is 4.79 Å². The Morgan fingerprint density at radius 1 is 1.29 bits per heavy atom. The van der Waals surface area contributed by atoms with Crippen molar-refractivity contribution in [2.75, 3.05) is 6.54 Å². The van der Waals surface area contributed by atoms with Gasteiger partial charge >= 0.3 is 7.12 Å². The van der Waals surface area contributed by atoms with Crippen molar-refractivity contribution in [2.45, 2.75) is 45.8 Å². The smallest absolute Gasteiger partial charge is 0.492 e. The molecule has 1 aromatic carbocycles. The van der Waals surface area contributed by atoms with Gasteiger partial charge in [-0.2, -0.15) is 0 Å². The molecule has 0 spiro atoms. The standard InChI is InChI=1S/C17H23BFNO4/c1-11(21)20-10-13(8-12-9-14(22)6-7-15(12)19)18-23-16(2,3)17(4,5)24-18/h6-9,22H,10H2,1-5H3,(H,20,21). The number of phenols is 1. The largest absolute Gasteiger partial charge is 0.508 e.